The number of aromatic nitrogens is 1. The largest absolute Gasteiger partial charge is 0.433 e. The minimum absolute atomic E-state index is 0.240. The van der Waals surface area contributed by atoms with Crippen LogP contribution in [0, 0.1) is 0 Å². The Hall–Kier alpha value is -2.56. The van der Waals surface area contributed by atoms with Crippen LogP contribution in [0.2, 0.25) is 0 Å². The number of nitrogens with two attached hydrogens (primary N) is 1. The Bertz CT molecular complexity index is 796. The molecule has 0 fully saturated rings. The van der Waals surface area contributed by atoms with Gasteiger partial charge in [-0.25, -0.2) is 4.98 Å². The van der Waals surface area contributed by atoms with Crippen LogP contribution in [0.1, 0.15) is 5.69 Å². The highest BCUT2D eigenvalue weighted by Gasteiger charge is 2.33. The van der Waals surface area contributed by atoms with Crippen LogP contribution in [-0.2, 0) is 6.18 Å². The number of nitrogens with zero attached hydrogens (tertiary/aromatic N) is 1. The van der Waals surface area contributed by atoms with Gasteiger partial charge in [-0.15, -0.1) is 0 Å². The van der Waals surface area contributed by atoms with Crippen LogP contribution >= 0.6 is 0 Å². The molecule has 0 aliphatic heterocycles. The van der Waals surface area contributed by atoms with E-state index < -0.39 is 11.9 Å². The standard InChI is InChI=1S/C16H11F3N2/c17-16(18,19)15-9-13(10-4-2-1-3-5-10)12-7-6-11(20)8-14(12)21-15/h1-9H,20H2. The lowest BCUT2D eigenvalue weighted by atomic mass is 10.00. The van der Waals surface area contributed by atoms with Crippen molar-refractivity contribution in [3.05, 3.63) is 60.3 Å². The van der Waals surface area contributed by atoms with E-state index in [4.69, 9.17) is 5.73 Å². The smallest absolute Gasteiger partial charge is 0.399 e. The predicted molar refractivity (Wildman–Crippen MR) is 76.6 cm³/mol. The van der Waals surface area contributed by atoms with Crippen LogP contribution in [0.3, 0.4) is 0 Å². The third kappa shape index (κ3) is 2.54. The van der Waals surface area contributed by atoms with Crippen molar-refractivity contribution >= 4 is 16.6 Å². The fraction of sp³-hybridized carbons (Fsp3) is 0.0625. The number of pyridine rings is 1. The number of hydrogen-bond donors (Lipinski definition) is 1. The molecule has 2 N–H and O–H groups in total. The minimum atomic E-state index is -4.50. The molecule has 2 nitrogen and oxygen atoms in total. The second kappa shape index (κ2) is 4.77. The molecule has 0 radical (unpaired) electrons. The Morgan fingerprint density at radius 2 is 1.62 bits per heavy atom. The number of nitrogen functional groups attached to an aromatic ring is 1. The molecule has 3 rings (SSSR count). The zero-order chi connectivity index (χ0) is 15.0. The lowest BCUT2D eigenvalue weighted by Gasteiger charge is -2.12. The quantitative estimate of drug-likeness (QED) is 0.669. The molecule has 0 saturated heterocycles. The van der Waals surface area contributed by atoms with E-state index in [0.29, 0.717) is 22.2 Å². The molecule has 0 saturated carbocycles. The number of benzene rings is 2. The van der Waals surface area contributed by atoms with Crippen molar-refractivity contribution in [3.63, 3.8) is 0 Å². The van der Waals surface area contributed by atoms with Crippen molar-refractivity contribution in [2.24, 2.45) is 0 Å². The van der Waals surface area contributed by atoms with Gasteiger partial charge < -0.3 is 5.73 Å². The Morgan fingerprint density at radius 3 is 2.29 bits per heavy atom. The summed E-state index contributed by atoms with van der Waals surface area (Å²) < 4.78 is 39.1. The summed E-state index contributed by atoms with van der Waals surface area (Å²) >= 11 is 0. The van der Waals surface area contributed by atoms with Crippen LogP contribution in [0.4, 0.5) is 18.9 Å². The van der Waals surface area contributed by atoms with Gasteiger partial charge in [-0.1, -0.05) is 36.4 Å². The highest BCUT2D eigenvalue weighted by atomic mass is 19.4. The molecule has 2 aromatic carbocycles. The summed E-state index contributed by atoms with van der Waals surface area (Å²) in [5.41, 5.74) is 6.56. The van der Waals surface area contributed by atoms with E-state index >= 15 is 0 Å². The molecule has 0 atom stereocenters. The number of alkyl halides is 3. The summed E-state index contributed by atoms with van der Waals surface area (Å²) in [4.78, 5) is 3.69. The highest BCUT2D eigenvalue weighted by Crippen LogP contribution is 2.35. The summed E-state index contributed by atoms with van der Waals surface area (Å²) in [7, 11) is 0. The molecule has 1 aromatic heterocycles. The predicted octanol–water partition coefficient (Wildman–Crippen LogP) is 4.50. The fourth-order valence-corrected chi connectivity index (χ4v) is 2.25. The van der Waals surface area contributed by atoms with E-state index in [0.717, 1.165) is 6.07 Å². The molecule has 0 amide bonds. The monoisotopic (exact) mass is 288 g/mol. The van der Waals surface area contributed by atoms with Gasteiger partial charge in [-0.2, -0.15) is 13.2 Å². The number of halogens is 3. The third-order valence-corrected chi connectivity index (χ3v) is 3.21. The SMILES string of the molecule is Nc1ccc2c(-c3ccccc3)cc(C(F)(F)F)nc2c1. The normalized spacial score (nSPS) is 11.8. The van der Waals surface area contributed by atoms with Crippen LogP contribution in [0.25, 0.3) is 22.0 Å². The first-order chi connectivity index (χ1) is 9.95. The van der Waals surface area contributed by atoms with E-state index in [2.05, 4.69) is 4.98 Å². The molecule has 5 heteroatoms. The first kappa shape index (κ1) is 13.4. The Labute approximate surface area is 119 Å². The van der Waals surface area contributed by atoms with Gasteiger partial charge >= 0.3 is 6.18 Å². The fourth-order valence-electron chi connectivity index (χ4n) is 2.25. The molecule has 106 valence electrons. The number of anilines is 1. The molecular formula is C16H11F3N2. The summed E-state index contributed by atoms with van der Waals surface area (Å²) in [6.45, 7) is 0. The van der Waals surface area contributed by atoms with Crippen molar-refractivity contribution in [3.8, 4) is 11.1 Å². The lowest BCUT2D eigenvalue weighted by Crippen LogP contribution is -2.08. The summed E-state index contributed by atoms with van der Waals surface area (Å²) in [5, 5.41) is 0.642. The van der Waals surface area contributed by atoms with Crippen LogP contribution in [-0.4, -0.2) is 4.98 Å². The van der Waals surface area contributed by atoms with Gasteiger partial charge in [-0.3, -0.25) is 0 Å². The zero-order valence-electron chi connectivity index (χ0n) is 10.9. The van der Waals surface area contributed by atoms with Gasteiger partial charge in [0.05, 0.1) is 5.52 Å². The van der Waals surface area contributed by atoms with Crippen LogP contribution < -0.4 is 5.73 Å². The third-order valence-electron chi connectivity index (χ3n) is 3.21. The van der Waals surface area contributed by atoms with Gasteiger partial charge in [0.1, 0.15) is 5.69 Å². The van der Waals surface area contributed by atoms with Crippen LogP contribution in [0.5, 0.6) is 0 Å². The molecule has 0 spiro atoms. The van der Waals surface area contributed by atoms with Gasteiger partial charge in [0.25, 0.3) is 0 Å². The number of hydrogen-bond acceptors (Lipinski definition) is 2. The Balaban J connectivity index is 2.36. The number of fused-ring (bicyclic) bond motifs is 1. The average molecular weight is 288 g/mol. The Morgan fingerprint density at radius 1 is 0.905 bits per heavy atom. The van der Waals surface area contributed by atoms with Crippen molar-refractivity contribution in [1.29, 1.82) is 0 Å². The summed E-state index contributed by atoms with van der Waals surface area (Å²) in [6, 6.07) is 14.8. The van der Waals surface area contributed by atoms with Gasteiger partial charge in [0.15, 0.2) is 0 Å². The molecule has 0 unspecified atom stereocenters. The molecule has 0 aliphatic carbocycles. The molecule has 3 aromatic rings. The first-order valence-electron chi connectivity index (χ1n) is 6.28. The molecule has 21 heavy (non-hydrogen) atoms. The van der Waals surface area contributed by atoms with E-state index in [1.807, 2.05) is 6.07 Å². The molecule has 0 aliphatic rings. The molecule has 0 bridgehead atoms. The van der Waals surface area contributed by atoms with Crippen molar-refractivity contribution in [2.45, 2.75) is 6.18 Å². The zero-order valence-corrected chi connectivity index (χ0v) is 10.9. The van der Waals surface area contributed by atoms with Gasteiger partial charge in [0.2, 0.25) is 0 Å². The van der Waals surface area contributed by atoms with Crippen LogP contribution in [0.15, 0.2) is 54.6 Å². The van der Waals surface area contributed by atoms with E-state index in [-0.39, 0.29) is 5.52 Å². The maximum Gasteiger partial charge on any atom is 0.433 e. The first-order valence-corrected chi connectivity index (χ1v) is 6.28. The summed E-state index contributed by atoms with van der Waals surface area (Å²) in [6.07, 6.45) is -4.50. The molecular weight excluding hydrogens is 277 g/mol. The van der Waals surface area contributed by atoms with Crippen molar-refractivity contribution in [1.82, 2.24) is 4.98 Å². The van der Waals surface area contributed by atoms with Gasteiger partial charge in [-0.05, 0) is 29.3 Å². The van der Waals surface area contributed by atoms with Crippen molar-refractivity contribution < 1.29 is 13.2 Å². The highest BCUT2D eigenvalue weighted by molar-refractivity contribution is 5.96. The van der Waals surface area contributed by atoms with Gasteiger partial charge in [0, 0.05) is 11.1 Å². The van der Waals surface area contributed by atoms with E-state index in [1.54, 1.807) is 36.4 Å². The van der Waals surface area contributed by atoms with E-state index in [1.165, 1.54) is 6.07 Å². The minimum Gasteiger partial charge on any atom is -0.399 e. The van der Waals surface area contributed by atoms with E-state index in [9.17, 15) is 13.2 Å². The summed E-state index contributed by atoms with van der Waals surface area (Å²) in [5.74, 6) is 0. The van der Waals surface area contributed by atoms with Crippen molar-refractivity contribution in [2.75, 3.05) is 5.73 Å². The molecule has 1 heterocycles. The second-order valence-corrected chi connectivity index (χ2v) is 4.70. The second-order valence-electron chi connectivity index (χ2n) is 4.70. The average Bonchev–Trinajstić information content (AvgIpc) is 2.45. The maximum atomic E-state index is 13.0. The maximum absolute atomic E-state index is 13.0. The number of rotatable bonds is 1. The Kier molecular flexibility index (Phi) is 3.05. The lowest BCUT2D eigenvalue weighted by molar-refractivity contribution is -0.140. The topological polar surface area (TPSA) is 38.9 Å².